The van der Waals surface area contributed by atoms with Gasteiger partial charge < -0.3 is 14.4 Å². The Morgan fingerprint density at radius 3 is 2.73 bits per heavy atom. The first-order valence-corrected chi connectivity index (χ1v) is 3.86. The van der Waals surface area contributed by atoms with Gasteiger partial charge in [0.2, 0.25) is 0 Å². The van der Waals surface area contributed by atoms with Gasteiger partial charge in [-0.15, -0.1) is 0 Å². The van der Waals surface area contributed by atoms with Crippen molar-refractivity contribution in [1.82, 2.24) is 4.90 Å². The van der Waals surface area contributed by atoms with E-state index < -0.39 is 0 Å². The number of hydrogen-bond acceptors (Lipinski definition) is 3. The largest absolute Gasteiger partial charge is 0.453 e. The maximum atomic E-state index is 5.22. The summed E-state index contributed by atoms with van der Waals surface area (Å²) in [5.74, 6) is 0. The minimum atomic E-state index is 0.340. The van der Waals surface area contributed by atoms with Gasteiger partial charge >= 0.3 is 0 Å². The molecule has 11 heavy (non-hydrogen) atoms. The van der Waals surface area contributed by atoms with E-state index in [4.69, 9.17) is 9.47 Å². The van der Waals surface area contributed by atoms with Gasteiger partial charge in [0.15, 0.2) is 0 Å². The number of hydrogen-bond donors (Lipinski definition) is 0. The van der Waals surface area contributed by atoms with Crippen LogP contribution in [0.2, 0.25) is 0 Å². The molecule has 2 atom stereocenters. The molecule has 0 spiro atoms. The Labute approximate surface area is 68.3 Å². The lowest BCUT2D eigenvalue weighted by Crippen LogP contribution is -2.27. The predicted octanol–water partition coefficient (Wildman–Crippen LogP) is 0.514. The maximum absolute atomic E-state index is 5.22. The van der Waals surface area contributed by atoms with E-state index in [2.05, 4.69) is 7.05 Å². The standard InChI is InChI=1S/C8H16NO2/c1-9-5-8(11-3)4-7(9)6-10-2/h7-8H,1,4-6H2,2-3H3/q-1/t7-,8+/m0/s1. The molecule has 0 N–H and O–H groups in total. The Balaban J connectivity index is 2.32. The zero-order chi connectivity index (χ0) is 8.27. The van der Waals surface area contributed by atoms with Crippen LogP contribution in [0.4, 0.5) is 0 Å². The number of nitrogens with zero attached hydrogens (tertiary/aromatic N) is 1. The molecular formula is C8H16NO2-. The summed E-state index contributed by atoms with van der Waals surface area (Å²) in [6, 6.07) is 0.435. The fourth-order valence-corrected chi connectivity index (χ4v) is 1.47. The molecule has 0 radical (unpaired) electrons. The summed E-state index contributed by atoms with van der Waals surface area (Å²) in [6.45, 7) is 1.67. The third kappa shape index (κ3) is 2.15. The first-order valence-electron chi connectivity index (χ1n) is 3.86. The summed E-state index contributed by atoms with van der Waals surface area (Å²) in [4.78, 5) is 2.04. The molecule has 3 heteroatoms. The number of likely N-dealkylation sites (tertiary alicyclic amines) is 1. The average Bonchev–Trinajstić information content (AvgIpc) is 2.33. The van der Waals surface area contributed by atoms with Crippen LogP contribution in [0.25, 0.3) is 0 Å². The van der Waals surface area contributed by atoms with E-state index in [1.807, 2.05) is 4.90 Å². The van der Waals surface area contributed by atoms with Gasteiger partial charge in [-0.05, 0) is 13.0 Å². The van der Waals surface area contributed by atoms with Gasteiger partial charge in [-0.1, -0.05) is 0 Å². The first-order chi connectivity index (χ1) is 5.27. The smallest absolute Gasteiger partial charge is 0.0689 e. The maximum Gasteiger partial charge on any atom is 0.0689 e. The van der Waals surface area contributed by atoms with Gasteiger partial charge in [-0.3, -0.25) is 7.05 Å². The van der Waals surface area contributed by atoms with Gasteiger partial charge in [-0.25, -0.2) is 0 Å². The highest BCUT2D eigenvalue weighted by atomic mass is 16.5. The van der Waals surface area contributed by atoms with E-state index in [-0.39, 0.29) is 0 Å². The minimum Gasteiger partial charge on any atom is -0.453 e. The molecule has 0 aromatic carbocycles. The first kappa shape index (κ1) is 8.97. The number of methoxy groups -OCH3 is 2. The second-order valence-corrected chi connectivity index (χ2v) is 2.97. The summed E-state index contributed by atoms with van der Waals surface area (Å²) in [5.41, 5.74) is 0. The van der Waals surface area contributed by atoms with E-state index in [1.165, 1.54) is 0 Å². The molecular weight excluding hydrogens is 142 g/mol. The van der Waals surface area contributed by atoms with Crippen LogP contribution in [-0.4, -0.2) is 44.4 Å². The van der Waals surface area contributed by atoms with E-state index >= 15 is 0 Å². The average molecular weight is 158 g/mol. The quantitative estimate of drug-likeness (QED) is 0.559. The zero-order valence-corrected chi connectivity index (χ0v) is 7.25. The summed E-state index contributed by atoms with van der Waals surface area (Å²) in [5, 5.41) is 0. The highest BCUT2D eigenvalue weighted by molar-refractivity contribution is 4.85. The molecule has 1 fully saturated rings. The van der Waals surface area contributed by atoms with Crippen LogP contribution in [0.5, 0.6) is 0 Å². The Hall–Kier alpha value is -0.120. The lowest BCUT2D eigenvalue weighted by atomic mass is 10.2. The molecule has 1 saturated heterocycles. The monoisotopic (exact) mass is 158 g/mol. The summed E-state index contributed by atoms with van der Waals surface area (Å²) >= 11 is 0. The van der Waals surface area contributed by atoms with Crippen LogP contribution >= 0.6 is 0 Å². The van der Waals surface area contributed by atoms with E-state index in [0.717, 1.165) is 19.6 Å². The van der Waals surface area contributed by atoms with Crippen molar-refractivity contribution in [2.24, 2.45) is 0 Å². The number of ether oxygens (including phenoxy) is 2. The molecule has 0 saturated carbocycles. The highest BCUT2D eigenvalue weighted by Crippen LogP contribution is 2.18. The molecule has 0 unspecified atom stereocenters. The fraction of sp³-hybridized carbons (Fsp3) is 0.875. The van der Waals surface area contributed by atoms with Crippen LogP contribution in [0.15, 0.2) is 0 Å². The van der Waals surface area contributed by atoms with E-state index in [1.54, 1.807) is 14.2 Å². The molecule has 1 aliphatic heterocycles. The molecule has 0 bridgehead atoms. The topological polar surface area (TPSA) is 21.7 Å². The van der Waals surface area contributed by atoms with Crippen LogP contribution < -0.4 is 0 Å². The second-order valence-electron chi connectivity index (χ2n) is 2.97. The zero-order valence-electron chi connectivity index (χ0n) is 7.25. The molecule has 1 aliphatic rings. The van der Waals surface area contributed by atoms with Crippen molar-refractivity contribution in [3.05, 3.63) is 7.05 Å². The van der Waals surface area contributed by atoms with Crippen molar-refractivity contribution in [3.8, 4) is 0 Å². The van der Waals surface area contributed by atoms with Gasteiger partial charge in [0.05, 0.1) is 12.7 Å². The normalized spacial score (nSPS) is 33.0. The van der Waals surface area contributed by atoms with E-state index in [0.29, 0.717) is 12.1 Å². The van der Waals surface area contributed by atoms with Gasteiger partial charge in [0, 0.05) is 20.3 Å². The van der Waals surface area contributed by atoms with Crippen molar-refractivity contribution in [2.75, 3.05) is 27.4 Å². The van der Waals surface area contributed by atoms with Gasteiger partial charge in [0.1, 0.15) is 0 Å². The number of rotatable bonds is 3. The van der Waals surface area contributed by atoms with Crippen LogP contribution in [0, 0.1) is 7.05 Å². The lowest BCUT2D eigenvalue weighted by Gasteiger charge is -2.25. The Morgan fingerprint density at radius 1 is 1.55 bits per heavy atom. The molecule has 1 rings (SSSR count). The Bertz CT molecular complexity index is 119. The molecule has 0 aromatic rings. The Morgan fingerprint density at radius 2 is 2.27 bits per heavy atom. The fourth-order valence-electron chi connectivity index (χ4n) is 1.47. The van der Waals surface area contributed by atoms with Crippen molar-refractivity contribution in [2.45, 2.75) is 18.6 Å². The van der Waals surface area contributed by atoms with Gasteiger partial charge in [-0.2, -0.15) is 0 Å². The molecule has 0 aliphatic carbocycles. The Kier molecular flexibility index (Phi) is 3.30. The molecule has 1 heterocycles. The third-order valence-electron chi connectivity index (χ3n) is 2.18. The molecule has 0 aromatic heterocycles. The van der Waals surface area contributed by atoms with Crippen molar-refractivity contribution in [3.63, 3.8) is 0 Å². The van der Waals surface area contributed by atoms with Crippen molar-refractivity contribution >= 4 is 0 Å². The highest BCUT2D eigenvalue weighted by Gasteiger charge is 2.24. The lowest BCUT2D eigenvalue weighted by molar-refractivity contribution is 0.110. The van der Waals surface area contributed by atoms with E-state index in [9.17, 15) is 0 Å². The SMILES string of the molecule is [CH2-]N1C[C@H](OC)C[C@H]1COC. The molecule has 66 valence electrons. The van der Waals surface area contributed by atoms with Crippen LogP contribution in [-0.2, 0) is 9.47 Å². The van der Waals surface area contributed by atoms with Crippen LogP contribution in [0.1, 0.15) is 6.42 Å². The van der Waals surface area contributed by atoms with Crippen molar-refractivity contribution in [1.29, 1.82) is 0 Å². The summed E-state index contributed by atoms with van der Waals surface area (Å²) in [7, 11) is 7.37. The van der Waals surface area contributed by atoms with Crippen molar-refractivity contribution < 1.29 is 9.47 Å². The molecule has 3 nitrogen and oxygen atoms in total. The summed E-state index contributed by atoms with van der Waals surface area (Å²) < 4.78 is 10.3. The predicted molar refractivity (Wildman–Crippen MR) is 43.1 cm³/mol. The second kappa shape index (κ2) is 4.04. The summed E-state index contributed by atoms with van der Waals surface area (Å²) in [6.07, 6.45) is 1.38. The van der Waals surface area contributed by atoms with Gasteiger partial charge in [0.25, 0.3) is 0 Å². The third-order valence-corrected chi connectivity index (χ3v) is 2.18. The molecule has 0 amide bonds. The minimum absolute atomic E-state index is 0.340. The van der Waals surface area contributed by atoms with Crippen LogP contribution in [0.3, 0.4) is 0 Å².